The first-order valence-corrected chi connectivity index (χ1v) is 12.9. The molecule has 9 heteroatoms. The first-order valence-electron chi connectivity index (χ1n) is 12.9. The molecule has 36 heavy (non-hydrogen) atoms. The lowest BCUT2D eigenvalue weighted by atomic mass is 9.87. The molecule has 0 aliphatic heterocycles. The molecule has 0 N–H and O–H groups in total. The van der Waals surface area contributed by atoms with Gasteiger partial charge in [0.15, 0.2) is 0 Å². The summed E-state index contributed by atoms with van der Waals surface area (Å²) in [6.45, 7) is 1.01. The minimum Gasteiger partial charge on any atom is -0.262 e. The van der Waals surface area contributed by atoms with Crippen LogP contribution in [-0.4, -0.2) is 53.8 Å². The number of rotatable bonds is 16. The number of hydrogen-bond acceptors (Lipinski definition) is 6. The topological polar surface area (TPSA) is 98.0 Å². The molecule has 0 saturated heterocycles. The lowest BCUT2D eigenvalue weighted by Crippen LogP contribution is -2.48. The van der Waals surface area contributed by atoms with Gasteiger partial charge < -0.3 is 0 Å². The molecule has 0 radical (unpaired) electrons. The van der Waals surface area contributed by atoms with Crippen LogP contribution in [0.4, 0.5) is 0 Å². The first-order chi connectivity index (χ1) is 17.6. The van der Waals surface area contributed by atoms with E-state index in [1.807, 2.05) is 60.7 Å². The van der Waals surface area contributed by atoms with E-state index < -0.39 is 6.04 Å². The quantitative estimate of drug-likeness (QED) is 0.217. The van der Waals surface area contributed by atoms with E-state index in [1.165, 1.54) is 42.1 Å². The summed E-state index contributed by atoms with van der Waals surface area (Å²) in [5, 5.41) is 14.1. The molecule has 1 fully saturated rings. The van der Waals surface area contributed by atoms with Crippen molar-refractivity contribution in [3.8, 4) is 0 Å². The maximum absolute atomic E-state index is 12.1. The van der Waals surface area contributed by atoms with Gasteiger partial charge in [0, 0.05) is 13.6 Å². The highest BCUT2D eigenvalue weighted by Gasteiger charge is 2.28. The van der Waals surface area contributed by atoms with Crippen LogP contribution in [-0.2, 0) is 12.8 Å². The van der Waals surface area contributed by atoms with Gasteiger partial charge >= 0.3 is 0 Å². The number of likely N-dealkylation sites (N-methyl/N-ethyl adjacent to an activating group) is 1. The summed E-state index contributed by atoms with van der Waals surface area (Å²) in [6.07, 6.45) is 8.16. The Balaban J connectivity index is 1.79. The highest BCUT2D eigenvalue weighted by atomic mass is 16.3. The molecule has 194 valence electrons. The molecular formula is C27H38N6O3. The van der Waals surface area contributed by atoms with Crippen molar-refractivity contribution >= 4 is 0 Å². The summed E-state index contributed by atoms with van der Waals surface area (Å²) >= 11 is 0. The van der Waals surface area contributed by atoms with Crippen molar-refractivity contribution in [2.45, 2.75) is 63.5 Å². The van der Waals surface area contributed by atoms with Crippen molar-refractivity contribution in [1.82, 2.24) is 15.0 Å². The smallest absolute Gasteiger partial charge is 0.0736 e. The minimum absolute atomic E-state index is 0.221. The molecule has 3 rings (SSSR count). The van der Waals surface area contributed by atoms with E-state index in [0.717, 1.165) is 17.5 Å². The van der Waals surface area contributed by atoms with E-state index in [4.69, 9.17) is 0 Å². The van der Waals surface area contributed by atoms with E-state index >= 15 is 0 Å². The van der Waals surface area contributed by atoms with Crippen LogP contribution in [0.2, 0.25) is 0 Å². The van der Waals surface area contributed by atoms with Gasteiger partial charge in [-0.2, -0.15) is 0 Å². The van der Waals surface area contributed by atoms with E-state index in [-0.39, 0.29) is 19.1 Å². The molecule has 0 bridgehead atoms. The third-order valence-electron chi connectivity index (χ3n) is 7.18. The lowest BCUT2D eigenvalue weighted by Gasteiger charge is -2.34. The Hall–Kier alpha value is -3.36. The Morgan fingerprint density at radius 3 is 1.75 bits per heavy atom. The van der Waals surface area contributed by atoms with E-state index in [1.54, 1.807) is 12.1 Å². The monoisotopic (exact) mass is 494 g/mol. The van der Waals surface area contributed by atoms with Crippen LogP contribution in [0.5, 0.6) is 0 Å². The predicted molar refractivity (Wildman–Crippen MR) is 142 cm³/mol. The van der Waals surface area contributed by atoms with Crippen LogP contribution in [0.1, 0.15) is 49.7 Å². The van der Waals surface area contributed by atoms with Gasteiger partial charge in [0.05, 0.1) is 41.0 Å². The standard InChI is InChI=1S/C27H38N6O3/c1-31(28-34)21-26(19-24-13-7-3-8-14-24)33(30-36)22-27(20-25-15-9-4-10-16-25)32(29-35)18-17-23-11-5-2-6-12-23/h3-4,7-10,13-16,23,26-27H,2,5-6,11-12,17-22H2,1H3/t26-,27-/m0/s1. The summed E-state index contributed by atoms with van der Waals surface area (Å²) in [5.74, 6) is 0.610. The van der Waals surface area contributed by atoms with Gasteiger partial charge in [0.1, 0.15) is 0 Å². The predicted octanol–water partition coefficient (Wildman–Crippen LogP) is 5.76. The number of hydrogen-bond donors (Lipinski definition) is 0. The van der Waals surface area contributed by atoms with Gasteiger partial charge in [0.2, 0.25) is 0 Å². The Bertz CT molecular complexity index is 910. The summed E-state index contributed by atoms with van der Waals surface area (Å²) < 4.78 is 0. The zero-order valence-corrected chi connectivity index (χ0v) is 21.2. The fraction of sp³-hybridized carbons (Fsp3) is 0.556. The fourth-order valence-corrected chi connectivity index (χ4v) is 5.18. The zero-order valence-electron chi connectivity index (χ0n) is 21.2. The average molecular weight is 495 g/mol. The van der Waals surface area contributed by atoms with Gasteiger partial charge in [-0.15, -0.1) is 14.7 Å². The molecule has 9 nitrogen and oxygen atoms in total. The van der Waals surface area contributed by atoms with Gasteiger partial charge in [-0.1, -0.05) is 92.8 Å². The Morgan fingerprint density at radius 2 is 1.25 bits per heavy atom. The van der Waals surface area contributed by atoms with Crippen molar-refractivity contribution in [2.24, 2.45) is 21.8 Å². The zero-order chi connectivity index (χ0) is 25.6. The molecule has 2 atom stereocenters. The number of nitrogens with zero attached hydrogens (tertiary/aromatic N) is 6. The normalized spacial score (nSPS) is 15.5. The third-order valence-corrected chi connectivity index (χ3v) is 7.18. The highest BCUT2D eigenvalue weighted by molar-refractivity contribution is 5.17. The van der Waals surface area contributed by atoms with Crippen molar-refractivity contribution in [3.63, 3.8) is 0 Å². The second-order valence-electron chi connectivity index (χ2n) is 9.85. The molecule has 1 saturated carbocycles. The van der Waals surface area contributed by atoms with Gasteiger partial charge in [-0.3, -0.25) is 15.0 Å². The van der Waals surface area contributed by atoms with E-state index in [2.05, 4.69) is 15.9 Å². The molecular weight excluding hydrogens is 456 g/mol. The van der Waals surface area contributed by atoms with Crippen LogP contribution in [0.3, 0.4) is 0 Å². The van der Waals surface area contributed by atoms with Crippen molar-refractivity contribution < 1.29 is 0 Å². The summed E-state index contributed by atoms with van der Waals surface area (Å²) in [6, 6.07) is 19.0. The molecule has 1 aliphatic carbocycles. The van der Waals surface area contributed by atoms with Crippen molar-refractivity contribution in [3.05, 3.63) is 86.5 Å². The summed E-state index contributed by atoms with van der Waals surface area (Å²) in [4.78, 5) is 35.3. The molecule has 0 spiro atoms. The summed E-state index contributed by atoms with van der Waals surface area (Å²) in [5.41, 5.74) is 2.09. The van der Waals surface area contributed by atoms with Gasteiger partial charge in [-0.05, 0) is 36.3 Å². The second kappa shape index (κ2) is 14.9. The lowest BCUT2D eigenvalue weighted by molar-refractivity contribution is 0.0895. The third kappa shape index (κ3) is 8.70. The first kappa shape index (κ1) is 27.2. The molecule has 2 aromatic carbocycles. The molecule has 0 aromatic heterocycles. The van der Waals surface area contributed by atoms with Crippen molar-refractivity contribution in [2.75, 3.05) is 26.7 Å². The minimum atomic E-state index is -0.391. The average Bonchev–Trinajstić information content (AvgIpc) is 2.93. The highest BCUT2D eigenvalue weighted by Crippen LogP contribution is 2.27. The fourth-order valence-electron chi connectivity index (χ4n) is 5.18. The summed E-state index contributed by atoms with van der Waals surface area (Å²) in [7, 11) is 1.58. The van der Waals surface area contributed by atoms with Gasteiger partial charge in [0.25, 0.3) is 0 Å². The largest absolute Gasteiger partial charge is 0.262 e. The van der Waals surface area contributed by atoms with Crippen LogP contribution in [0.15, 0.2) is 76.5 Å². The molecule has 1 aliphatic rings. The molecule has 0 heterocycles. The Labute approximate surface area is 213 Å². The van der Waals surface area contributed by atoms with Crippen LogP contribution < -0.4 is 0 Å². The Kier molecular flexibility index (Phi) is 11.3. The molecule has 0 amide bonds. The van der Waals surface area contributed by atoms with Gasteiger partial charge in [-0.25, -0.2) is 0 Å². The van der Waals surface area contributed by atoms with Crippen LogP contribution in [0, 0.1) is 20.6 Å². The maximum atomic E-state index is 12.1. The molecule has 0 unspecified atom stereocenters. The second-order valence-corrected chi connectivity index (χ2v) is 9.85. The van der Waals surface area contributed by atoms with E-state index in [9.17, 15) is 14.7 Å². The Morgan fingerprint density at radius 1 is 0.722 bits per heavy atom. The molecule has 2 aromatic rings. The maximum Gasteiger partial charge on any atom is 0.0736 e. The number of nitroso groups, excluding NO2 is 3. The van der Waals surface area contributed by atoms with Crippen LogP contribution in [0.25, 0.3) is 0 Å². The van der Waals surface area contributed by atoms with E-state index in [0.29, 0.717) is 25.3 Å². The van der Waals surface area contributed by atoms with Crippen molar-refractivity contribution in [1.29, 1.82) is 0 Å². The number of benzene rings is 2. The van der Waals surface area contributed by atoms with Crippen LogP contribution >= 0.6 is 0 Å². The SMILES string of the molecule is CN(C[C@H](Cc1ccccc1)N(C[C@H](Cc1ccccc1)N(CCC1CCCCC1)N=O)N=O)N=O.